The molecule has 0 unspecified atom stereocenters. The van der Waals surface area contributed by atoms with Gasteiger partial charge in [-0.25, -0.2) is 9.97 Å². The summed E-state index contributed by atoms with van der Waals surface area (Å²) in [5, 5.41) is 1.94. The Hall–Kier alpha value is -2.94. The Kier molecular flexibility index (Phi) is 3.01. The van der Waals surface area contributed by atoms with E-state index >= 15 is 0 Å². The number of anilines is 1. The minimum absolute atomic E-state index is 0.706. The Morgan fingerprint density at radius 3 is 2.43 bits per heavy atom. The third-order valence-electron chi connectivity index (χ3n) is 4.20. The van der Waals surface area contributed by atoms with E-state index in [1.54, 1.807) is 0 Å². The number of benzene rings is 2. The van der Waals surface area contributed by atoms with Gasteiger partial charge in [0.05, 0.1) is 16.9 Å². The average molecular weight is 299 g/mol. The van der Waals surface area contributed by atoms with E-state index in [2.05, 4.69) is 44.2 Å². The van der Waals surface area contributed by atoms with Crippen LogP contribution < -0.4 is 5.73 Å². The molecule has 4 rings (SSSR count). The third-order valence-corrected chi connectivity index (χ3v) is 4.20. The van der Waals surface area contributed by atoms with Gasteiger partial charge in [-0.3, -0.25) is 0 Å². The van der Waals surface area contributed by atoms with Gasteiger partial charge < -0.3 is 5.73 Å². The molecule has 3 heteroatoms. The van der Waals surface area contributed by atoms with Crippen LogP contribution in [0.5, 0.6) is 0 Å². The fraction of sp³-hybridized carbons (Fsp3) is 0.100. The number of nitrogen functional groups attached to an aromatic ring is 1. The smallest absolute Gasteiger partial charge is 0.162 e. The summed E-state index contributed by atoms with van der Waals surface area (Å²) in [5.41, 5.74) is 13.1. The van der Waals surface area contributed by atoms with E-state index in [1.165, 1.54) is 5.56 Å². The molecule has 2 N–H and O–H groups in total. The number of rotatable bonds is 1. The maximum absolute atomic E-state index is 6.43. The molecule has 0 saturated heterocycles. The van der Waals surface area contributed by atoms with Gasteiger partial charge in [-0.2, -0.15) is 0 Å². The van der Waals surface area contributed by atoms with Gasteiger partial charge in [0, 0.05) is 16.3 Å². The van der Waals surface area contributed by atoms with Crippen LogP contribution in [0, 0.1) is 13.8 Å². The molecule has 0 aliphatic carbocycles. The van der Waals surface area contributed by atoms with Crippen molar-refractivity contribution in [3.63, 3.8) is 0 Å². The van der Waals surface area contributed by atoms with Crippen molar-refractivity contribution in [3.8, 4) is 11.3 Å². The van der Waals surface area contributed by atoms with Gasteiger partial charge in [0.2, 0.25) is 0 Å². The molecule has 0 radical (unpaired) electrons. The first kappa shape index (κ1) is 13.7. The molecule has 0 atom stereocenters. The lowest BCUT2D eigenvalue weighted by Gasteiger charge is -2.11. The van der Waals surface area contributed by atoms with E-state index in [1.807, 2.05) is 24.3 Å². The zero-order chi connectivity index (χ0) is 16.0. The molecular weight excluding hydrogens is 282 g/mol. The first-order valence-corrected chi connectivity index (χ1v) is 7.66. The van der Waals surface area contributed by atoms with E-state index in [-0.39, 0.29) is 0 Å². The van der Waals surface area contributed by atoms with Crippen molar-refractivity contribution in [2.24, 2.45) is 0 Å². The molecule has 0 aliphatic heterocycles. The monoisotopic (exact) mass is 299 g/mol. The predicted molar refractivity (Wildman–Crippen MR) is 96.4 cm³/mol. The molecule has 23 heavy (non-hydrogen) atoms. The van der Waals surface area contributed by atoms with Crippen LogP contribution in [-0.4, -0.2) is 9.97 Å². The molecule has 2 aromatic heterocycles. The molecule has 0 saturated carbocycles. The van der Waals surface area contributed by atoms with Crippen molar-refractivity contribution in [2.75, 3.05) is 5.73 Å². The Bertz CT molecular complexity index is 1040. The van der Waals surface area contributed by atoms with E-state index in [0.717, 1.165) is 38.8 Å². The fourth-order valence-electron chi connectivity index (χ4n) is 3.04. The summed E-state index contributed by atoms with van der Waals surface area (Å²) in [7, 11) is 0. The van der Waals surface area contributed by atoms with Crippen molar-refractivity contribution < 1.29 is 0 Å². The number of pyridine rings is 2. The second kappa shape index (κ2) is 5.06. The molecule has 0 aliphatic rings. The largest absolute Gasteiger partial charge is 0.398 e. The van der Waals surface area contributed by atoms with Crippen molar-refractivity contribution in [1.82, 2.24) is 9.97 Å². The highest BCUT2D eigenvalue weighted by molar-refractivity contribution is 6.07. The molecule has 2 heterocycles. The minimum atomic E-state index is 0.706. The molecule has 112 valence electrons. The standard InChI is InChI=1S/C20H17N3/c1-12-8-9-16-15(10-12)19(21)18-13(2)11-17(23-20(18)22-16)14-6-4-3-5-7-14/h3-11H,1-2H3,(H2,21,22,23). The predicted octanol–water partition coefficient (Wildman–Crippen LogP) is 4.65. The maximum Gasteiger partial charge on any atom is 0.162 e. The van der Waals surface area contributed by atoms with Crippen LogP contribution in [-0.2, 0) is 0 Å². The van der Waals surface area contributed by atoms with Crippen LogP contribution in [0.3, 0.4) is 0 Å². The van der Waals surface area contributed by atoms with Crippen LogP contribution in [0.1, 0.15) is 11.1 Å². The lowest BCUT2D eigenvalue weighted by Crippen LogP contribution is -1.98. The first-order chi connectivity index (χ1) is 11.1. The fourth-order valence-corrected chi connectivity index (χ4v) is 3.04. The van der Waals surface area contributed by atoms with E-state index in [0.29, 0.717) is 5.65 Å². The van der Waals surface area contributed by atoms with Crippen LogP contribution in [0.2, 0.25) is 0 Å². The Balaban J connectivity index is 2.07. The van der Waals surface area contributed by atoms with Gasteiger partial charge in [0.1, 0.15) is 0 Å². The topological polar surface area (TPSA) is 51.8 Å². The molecule has 0 bridgehead atoms. The second-order valence-electron chi connectivity index (χ2n) is 5.94. The van der Waals surface area contributed by atoms with E-state index < -0.39 is 0 Å². The molecule has 0 fully saturated rings. The SMILES string of the molecule is Cc1ccc2nc3nc(-c4ccccc4)cc(C)c3c(N)c2c1. The van der Waals surface area contributed by atoms with Crippen molar-refractivity contribution in [1.29, 1.82) is 0 Å². The van der Waals surface area contributed by atoms with Crippen LogP contribution in [0.15, 0.2) is 54.6 Å². The summed E-state index contributed by atoms with van der Waals surface area (Å²) in [5.74, 6) is 0. The lowest BCUT2D eigenvalue weighted by atomic mass is 10.0. The summed E-state index contributed by atoms with van der Waals surface area (Å²) in [6.45, 7) is 4.13. The van der Waals surface area contributed by atoms with Gasteiger partial charge in [0.15, 0.2) is 5.65 Å². The van der Waals surface area contributed by atoms with Gasteiger partial charge in [-0.15, -0.1) is 0 Å². The number of aromatic nitrogens is 2. The summed E-state index contributed by atoms with van der Waals surface area (Å²) >= 11 is 0. The zero-order valence-electron chi connectivity index (χ0n) is 13.2. The van der Waals surface area contributed by atoms with Gasteiger partial charge in [-0.05, 0) is 37.6 Å². The van der Waals surface area contributed by atoms with Crippen LogP contribution in [0.4, 0.5) is 5.69 Å². The van der Waals surface area contributed by atoms with Crippen molar-refractivity contribution >= 4 is 27.6 Å². The van der Waals surface area contributed by atoms with Crippen LogP contribution >= 0.6 is 0 Å². The third kappa shape index (κ3) is 2.21. The molecule has 4 aromatic rings. The Morgan fingerprint density at radius 2 is 1.65 bits per heavy atom. The molecule has 2 aromatic carbocycles. The first-order valence-electron chi connectivity index (χ1n) is 7.66. The molecule has 0 spiro atoms. The summed E-state index contributed by atoms with van der Waals surface area (Å²) in [6, 6.07) is 18.4. The van der Waals surface area contributed by atoms with Gasteiger partial charge in [0.25, 0.3) is 0 Å². The van der Waals surface area contributed by atoms with Crippen molar-refractivity contribution in [3.05, 3.63) is 65.7 Å². The number of nitrogens with two attached hydrogens (primary N) is 1. The van der Waals surface area contributed by atoms with E-state index in [9.17, 15) is 0 Å². The van der Waals surface area contributed by atoms with E-state index in [4.69, 9.17) is 15.7 Å². The zero-order valence-corrected chi connectivity index (χ0v) is 13.2. The number of aryl methyl sites for hydroxylation is 2. The molecular formula is C20H17N3. The average Bonchev–Trinajstić information content (AvgIpc) is 2.56. The van der Waals surface area contributed by atoms with Gasteiger partial charge >= 0.3 is 0 Å². The minimum Gasteiger partial charge on any atom is -0.398 e. The summed E-state index contributed by atoms with van der Waals surface area (Å²) in [6.07, 6.45) is 0. The number of fused-ring (bicyclic) bond motifs is 2. The van der Waals surface area contributed by atoms with Crippen LogP contribution in [0.25, 0.3) is 33.2 Å². The quantitative estimate of drug-likeness (QED) is 0.520. The van der Waals surface area contributed by atoms with Crippen molar-refractivity contribution in [2.45, 2.75) is 13.8 Å². The lowest BCUT2D eigenvalue weighted by molar-refractivity contribution is 1.30. The highest BCUT2D eigenvalue weighted by Gasteiger charge is 2.12. The maximum atomic E-state index is 6.43. The Morgan fingerprint density at radius 1 is 0.870 bits per heavy atom. The number of hydrogen-bond donors (Lipinski definition) is 1. The normalized spacial score (nSPS) is 11.2. The molecule has 0 amide bonds. The second-order valence-corrected chi connectivity index (χ2v) is 5.94. The number of nitrogens with zero attached hydrogens (tertiary/aromatic N) is 2. The summed E-state index contributed by atoms with van der Waals surface area (Å²) in [4.78, 5) is 9.48. The highest BCUT2D eigenvalue weighted by atomic mass is 14.9. The highest BCUT2D eigenvalue weighted by Crippen LogP contribution is 2.32. The van der Waals surface area contributed by atoms with Gasteiger partial charge in [-0.1, -0.05) is 42.0 Å². The Labute approximate surface area is 134 Å². The molecule has 3 nitrogen and oxygen atoms in total. The number of hydrogen-bond acceptors (Lipinski definition) is 3. The summed E-state index contributed by atoms with van der Waals surface area (Å²) < 4.78 is 0.